The highest BCUT2D eigenvalue weighted by molar-refractivity contribution is 5.53. The van der Waals surface area contributed by atoms with Gasteiger partial charge in [0, 0.05) is 23.7 Å². The van der Waals surface area contributed by atoms with Crippen LogP contribution < -0.4 is 4.74 Å². The predicted molar refractivity (Wildman–Crippen MR) is 71.1 cm³/mol. The third kappa shape index (κ3) is 1.89. The van der Waals surface area contributed by atoms with Gasteiger partial charge in [-0.2, -0.15) is 0 Å². The van der Waals surface area contributed by atoms with Gasteiger partial charge < -0.3 is 9.84 Å². The van der Waals surface area contributed by atoms with Gasteiger partial charge in [-0.25, -0.2) is 0 Å². The van der Waals surface area contributed by atoms with Crippen molar-refractivity contribution in [1.82, 2.24) is 0 Å². The molecule has 2 aromatic rings. The van der Waals surface area contributed by atoms with E-state index in [1.807, 2.05) is 36.4 Å². The van der Waals surface area contributed by atoms with Gasteiger partial charge in [0.15, 0.2) is 0 Å². The number of aliphatic hydroxyl groups is 1. The van der Waals surface area contributed by atoms with Crippen LogP contribution in [0.3, 0.4) is 0 Å². The molecule has 2 aromatic carbocycles. The first kappa shape index (κ1) is 11.3. The maximum Gasteiger partial charge on any atom is 0.131 e. The quantitative estimate of drug-likeness (QED) is 0.886. The molecule has 1 heterocycles. The number of rotatable bonds is 3. The monoisotopic (exact) mass is 240 g/mol. The van der Waals surface area contributed by atoms with E-state index in [0.717, 1.165) is 24.3 Å². The van der Waals surface area contributed by atoms with Crippen molar-refractivity contribution >= 4 is 0 Å². The number of aliphatic hydroxyl groups excluding tert-OH is 1. The summed E-state index contributed by atoms with van der Waals surface area (Å²) in [6, 6.07) is 16.3. The van der Waals surface area contributed by atoms with Crippen molar-refractivity contribution < 1.29 is 9.84 Å². The van der Waals surface area contributed by atoms with Crippen LogP contribution in [0.5, 0.6) is 11.5 Å². The Labute approximate surface area is 107 Å². The van der Waals surface area contributed by atoms with Gasteiger partial charge in [0.05, 0.1) is 0 Å². The van der Waals surface area contributed by atoms with E-state index >= 15 is 0 Å². The zero-order chi connectivity index (χ0) is 12.4. The van der Waals surface area contributed by atoms with E-state index in [1.54, 1.807) is 0 Å². The van der Waals surface area contributed by atoms with Crippen molar-refractivity contribution in [1.29, 1.82) is 0 Å². The molecule has 0 saturated heterocycles. The van der Waals surface area contributed by atoms with Gasteiger partial charge in [-0.15, -0.1) is 0 Å². The Kier molecular flexibility index (Phi) is 3.03. The first-order valence-electron chi connectivity index (χ1n) is 6.36. The van der Waals surface area contributed by atoms with Crippen molar-refractivity contribution in [2.75, 3.05) is 6.61 Å². The van der Waals surface area contributed by atoms with Crippen LogP contribution in [0.4, 0.5) is 0 Å². The summed E-state index contributed by atoms with van der Waals surface area (Å²) in [5.41, 5.74) is 2.45. The maximum absolute atomic E-state index is 9.06. The molecule has 0 radical (unpaired) electrons. The molecule has 0 saturated carbocycles. The molecule has 0 spiro atoms. The van der Waals surface area contributed by atoms with E-state index in [0.29, 0.717) is 5.92 Å². The van der Waals surface area contributed by atoms with E-state index in [2.05, 4.69) is 12.1 Å². The van der Waals surface area contributed by atoms with Gasteiger partial charge in [-0.1, -0.05) is 36.4 Å². The summed E-state index contributed by atoms with van der Waals surface area (Å²) in [5.74, 6) is 2.22. The van der Waals surface area contributed by atoms with E-state index < -0.39 is 0 Å². The zero-order valence-corrected chi connectivity index (χ0v) is 10.2. The van der Waals surface area contributed by atoms with Gasteiger partial charge in [0.1, 0.15) is 11.5 Å². The maximum atomic E-state index is 9.06. The molecule has 0 bridgehead atoms. The van der Waals surface area contributed by atoms with Crippen molar-refractivity contribution in [2.45, 2.75) is 18.8 Å². The highest BCUT2D eigenvalue weighted by Gasteiger charge is 2.25. The Morgan fingerprint density at radius 1 is 0.889 bits per heavy atom. The van der Waals surface area contributed by atoms with E-state index in [9.17, 15) is 0 Å². The summed E-state index contributed by atoms with van der Waals surface area (Å²) in [6.45, 7) is 0.238. The Morgan fingerprint density at radius 2 is 1.44 bits per heavy atom. The molecule has 1 aliphatic rings. The highest BCUT2D eigenvalue weighted by atomic mass is 16.5. The number of hydrogen-bond acceptors (Lipinski definition) is 2. The minimum atomic E-state index is 0.238. The smallest absolute Gasteiger partial charge is 0.131 e. The molecule has 1 aliphatic heterocycles. The van der Waals surface area contributed by atoms with Gasteiger partial charge in [-0.05, 0) is 25.0 Å². The molecule has 0 aliphatic carbocycles. The zero-order valence-electron chi connectivity index (χ0n) is 10.2. The van der Waals surface area contributed by atoms with E-state index in [-0.39, 0.29) is 6.61 Å². The SMILES string of the molecule is OCCCC1c2ccccc2Oc2ccccc21. The van der Waals surface area contributed by atoms with Crippen LogP contribution in [0.25, 0.3) is 0 Å². The standard InChI is InChI=1S/C16H16O2/c17-11-5-8-12-13-6-1-3-9-15(13)18-16-10-4-2-7-14(12)16/h1-4,6-7,9-10,12,17H,5,8,11H2. The number of benzene rings is 2. The van der Waals surface area contributed by atoms with Crippen LogP contribution in [0.2, 0.25) is 0 Å². The third-order valence-electron chi connectivity index (χ3n) is 3.46. The van der Waals surface area contributed by atoms with Crippen LogP contribution in [0.1, 0.15) is 29.9 Å². The average Bonchev–Trinajstić information content (AvgIpc) is 2.43. The molecule has 2 heteroatoms. The summed E-state index contributed by atoms with van der Waals surface area (Å²) in [4.78, 5) is 0. The van der Waals surface area contributed by atoms with Gasteiger partial charge >= 0.3 is 0 Å². The second kappa shape index (κ2) is 4.83. The minimum Gasteiger partial charge on any atom is -0.457 e. The molecule has 3 rings (SSSR count). The van der Waals surface area contributed by atoms with Crippen LogP contribution in [-0.4, -0.2) is 11.7 Å². The first-order chi connectivity index (χ1) is 8.90. The van der Waals surface area contributed by atoms with Crippen molar-refractivity contribution in [3.05, 3.63) is 59.7 Å². The normalized spacial score (nSPS) is 13.6. The predicted octanol–water partition coefficient (Wildman–Crippen LogP) is 3.70. The second-order valence-electron chi connectivity index (χ2n) is 4.60. The molecule has 0 unspecified atom stereocenters. The van der Waals surface area contributed by atoms with Crippen molar-refractivity contribution in [3.8, 4) is 11.5 Å². The number of ether oxygens (including phenoxy) is 1. The van der Waals surface area contributed by atoms with Gasteiger partial charge in [0.2, 0.25) is 0 Å². The molecule has 18 heavy (non-hydrogen) atoms. The summed E-state index contributed by atoms with van der Waals surface area (Å²) in [5, 5.41) is 9.06. The number of fused-ring (bicyclic) bond motifs is 2. The summed E-state index contributed by atoms with van der Waals surface area (Å²) >= 11 is 0. The molecule has 92 valence electrons. The molecule has 1 N–H and O–H groups in total. The fraction of sp³-hybridized carbons (Fsp3) is 0.250. The van der Waals surface area contributed by atoms with Crippen LogP contribution in [-0.2, 0) is 0 Å². The molecule has 2 nitrogen and oxygen atoms in total. The highest BCUT2D eigenvalue weighted by Crippen LogP contribution is 2.45. The Balaban J connectivity index is 2.05. The largest absolute Gasteiger partial charge is 0.457 e. The lowest BCUT2D eigenvalue weighted by Gasteiger charge is -2.28. The molecule has 0 aromatic heterocycles. The summed E-state index contributed by atoms with van der Waals surface area (Å²) in [6.07, 6.45) is 1.77. The van der Waals surface area contributed by atoms with Crippen LogP contribution in [0, 0.1) is 0 Å². The fourth-order valence-electron chi connectivity index (χ4n) is 2.62. The summed E-state index contributed by atoms with van der Waals surface area (Å²) in [7, 11) is 0. The van der Waals surface area contributed by atoms with Crippen LogP contribution in [0.15, 0.2) is 48.5 Å². The summed E-state index contributed by atoms with van der Waals surface area (Å²) < 4.78 is 5.93. The Hall–Kier alpha value is -1.80. The van der Waals surface area contributed by atoms with Gasteiger partial charge in [-0.3, -0.25) is 0 Å². The third-order valence-corrected chi connectivity index (χ3v) is 3.46. The Morgan fingerprint density at radius 3 is 2.00 bits per heavy atom. The molecule has 0 atom stereocenters. The first-order valence-corrected chi connectivity index (χ1v) is 6.36. The number of hydrogen-bond donors (Lipinski definition) is 1. The second-order valence-corrected chi connectivity index (χ2v) is 4.60. The lowest BCUT2D eigenvalue weighted by molar-refractivity contribution is 0.280. The molecular formula is C16H16O2. The average molecular weight is 240 g/mol. The topological polar surface area (TPSA) is 29.5 Å². The minimum absolute atomic E-state index is 0.238. The van der Waals surface area contributed by atoms with Crippen molar-refractivity contribution in [2.24, 2.45) is 0 Å². The van der Waals surface area contributed by atoms with E-state index in [1.165, 1.54) is 11.1 Å². The van der Waals surface area contributed by atoms with Crippen molar-refractivity contribution in [3.63, 3.8) is 0 Å². The fourth-order valence-corrected chi connectivity index (χ4v) is 2.62. The lowest BCUT2D eigenvalue weighted by Crippen LogP contribution is -2.10. The van der Waals surface area contributed by atoms with Gasteiger partial charge in [0.25, 0.3) is 0 Å². The Bertz CT molecular complexity index is 503. The van der Waals surface area contributed by atoms with E-state index in [4.69, 9.17) is 9.84 Å². The van der Waals surface area contributed by atoms with Crippen LogP contribution >= 0.6 is 0 Å². The number of para-hydroxylation sites is 2. The molecule has 0 fully saturated rings. The lowest BCUT2D eigenvalue weighted by atomic mass is 9.85. The molecule has 0 amide bonds. The molecular weight excluding hydrogens is 224 g/mol.